The number of nitrogens with one attached hydrogen (secondary N) is 1. The van der Waals surface area contributed by atoms with Gasteiger partial charge in [-0.1, -0.05) is 48.5 Å². The summed E-state index contributed by atoms with van der Waals surface area (Å²) >= 11 is 1.29. The van der Waals surface area contributed by atoms with Gasteiger partial charge in [-0.15, -0.1) is 11.3 Å². The molecule has 36 heavy (non-hydrogen) atoms. The first-order chi connectivity index (χ1) is 17.6. The average Bonchev–Trinajstić information content (AvgIpc) is 3.37. The molecule has 0 aliphatic rings. The molecule has 1 aromatic heterocycles. The molecule has 0 aliphatic heterocycles. The molecule has 0 bridgehead atoms. The molecule has 0 spiro atoms. The number of thiazole rings is 1. The van der Waals surface area contributed by atoms with Crippen molar-refractivity contribution in [3.05, 3.63) is 101 Å². The maximum absolute atomic E-state index is 13.1. The number of anilines is 1. The van der Waals surface area contributed by atoms with Gasteiger partial charge in [0.15, 0.2) is 16.6 Å². The Balaban J connectivity index is 1.48. The zero-order chi connectivity index (χ0) is 25.3. The number of carbonyl (C=O) groups is 1. The summed E-state index contributed by atoms with van der Waals surface area (Å²) in [5.74, 6) is 0.103. The van der Waals surface area contributed by atoms with Crippen molar-refractivity contribution in [1.82, 2.24) is 4.98 Å². The van der Waals surface area contributed by atoms with Gasteiger partial charge in [0, 0.05) is 10.9 Å². The zero-order valence-corrected chi connectivity index (χ0v) is 20.2. The van der Waals surface area contributed by atoms with E-state index in [-0.39, 0.29) is 18.0 Å². The van der Waals surface area contributed by atoms with Crippen molar-refractivity contribution in [1.29, 1.82) is 5.26 Å². The van der Waals surface area contributed by atoms with Crippen molar-refractivity contribution in [2.45, 2.75) is 13.5 Å². The van der Waals surface area contributed by atoms with Crippen molar-refractivity contribution in [3.8, 4) is 28.8 Å². The lowest BCUT2D eigenvalue weighted by molar-refractivity contribution is -0.112. The third-order valence-electron chi connectivity index (χ3n) is 5.05. The summed E-state index contributed by atoms with van der Waals surface area (Å²) in [4.78, 5) is 17.2. The third-order valence-corrected chi connectivity index (χ3v) is 5.80. The Morgan fingerprint density at radius 1 is 1.08 bits per heavy atom. The molecule has 1 N–H and O–H groups in total. The molecule has 1 heterocycles. The van der Waals surface area contributed by atoms with Gasteiger partial charge in [0.1, 0.15) is 24.1 Å². The van der Waals surface area contributed by atoms with E-state index < -0.39 is 5.91 Å². The SMILES string of the molecule is CCOc1cc(/C=C(/C#N)C(=O)Nc2nc(-c3ccccc3)cs2)ccc1OCc1ccc(F)cc1. The van der Waals surface area contributed by atoms with E-state index >= 15 is 0 Å². The smallest absolute Gasteiger partial charge is 0.268 e. The van der Waals surface area contributed by atoms with Crippen molar-refractivity contribution in [3.63, 3.8) is 0 Å². The maximum Gasteiger partial charge on any atom is 0.268 e. The minimum atomic E-state index is -0.555. The van der Waals surface area contributed by atoms with Crippen LogP contribution in [0.5, 0.6) is 11.5 Å². The number of hydrogen-bond donors (Lipinski definition) is 1. The highest BCUT2D eigenvalue weighted by molar-refractivity contribution is 7.14. The van der Waals surface area contributed by atoms with E-state index in [4.69, 9.17) is 9.47 Å². The van der Waals surface area contributed by atoms with Crippen LogP contribution in [0.4, 0.5) is 9.52 Å². The van der Waals surface area contributed by atoms with Crippen molar-refractivity contribution in [2.75, 3.05) is 11.9 Å². The summed E-state index contributed by atoms with van der Waals surface area (Å²) < 4.78 is 24.7. The van der Waals surface area contributed by atoms with Gasteiger partial charge < -0.3 is 9.47 Å². The molecule has 0 unspecified atom stereocenters. The van der Waals surface area contributed by atoms with Crippen LogP contribution in [0.25, 0.3) is 17.3 Å². The fourth-order valence-electron chi connectivity index (χ4n) is 3.30. The first kappa shape index (κ1) is 24.6. The fraction of sp³-hybridized carbons (Fsp3) is 0.107. The van der Waals surface area contributed by atoms with E-state index in [0.717, 1.165) is 16.8 Å². The molecule has 4 rings (SSSR count). The third kappa shape index (κ3) is 6.34. The number of hydrogen-bond acceptors (Lipinski definition) is 6. The highest BCUT2D eigenvalue weighted by atomic mass is 32.1. The highest BCUT2D eigenvalue weighted by Crippen LogP contribution is 2.30. The first-order valence-electron chi connectivity index (χ1n) is 11.1. The van der Waals surface area contributed by atoms with Crippen LogP contribution in [0.3, 0.4) is 0 Å². The average molecular weight is 500 g/mol. The van der Waals surface area contributed by atoms with Gasteiger partial charge in [-0.05, 0) is 48.4 Å². The first-order valence-corrected chi connectivity index (χ1v) is 12.0. The van der Waals surface area contributed by atoms with E-state index in [2.05, 4.69) is 10.3 Å². The number of nitrogens with zero attached hydrogens (tertiary/aromatic N) is 2. The van der Waals surface area contributed by atoms with Gasteiger partial charge in [-0.25, -0.2) is 9.37 Å². The highest BCUT2D eigenvalue weighted by Gasteiger charge is 2.14. The monoisotopic (exact) mass is 499 g/mol. The Labute approximate surface area is 212 Å². The predicted octanol–water partition coefficient (Wildman–Crippen LogP) is 6.47. The lowest BCUT2D eigenvalue weighted by atomic mass is 10.1. The Bertz CT molecular complexity index is 1410. The molecule has 1 amide bonds. The lowest BCUT2D eigenvalue weighted by Gasteiger charge is -2.13. The summed E-state index contributed by atoms with van der Waals surface area (Å²) in [6.07, 6.45) is 1.48. The molecule has 0 aliphatic carbocycles. The molecule has 0 fully saturated rings. The Kier molecular flexibility index (Phi) is 8.06. The number of aromatic nitrogens is 1. The Morgan fingerprint density at radius 2 is 1.86 bits per heavy atom. The minimum absolute atomic E-state index is 0.0751. The van der Waals surface area contributed by atoms with Crippen LogP contribution >= 0.6 is 11.3 Å². The van der Waals surface area contributed by atoms with Crippen LogP contribution in [-0.4, -0.2) is 17.5 Å². The molecular weight excluding hydrogens is 477 g/mol. The standard InChI is InChI=1S/C28H22FN3O3S/c1-2-34-26-15-20(10-13-25(26)35-17-19-8-11-23(29)12-9-19)14-22(16-30)27(33)32-28-31-24(18-36-28)21-6-4-3-5-7-21/h3-15,18H,2,17H2,1H3,(H,31,32,33)/b22-14-. The van der Waals surface area contributed by atoms with Crippen LogP contribution in [0, 0.1) is 17.1 Å². The number of ether oxygens (including phenoxy) is 2. The Morgan fingerprint density at radius 3 is 2.58 bits per heavy atom. The lowest BCUT2D eigenvalue weighted by Crippen LogP contribution is -2.13. The normalized spacial score (nSPS) is 11.0. The fourth-order valence-corrected chi connectivity index (χ4v) is 4.01. The molecule has 0 radical (unpaired) electrons. The molecular formula is C28H22FN3O3S. The second-order valence-electron chi connectivity index (χ2n) is 7.58. The summed E-state index contributed by atoms with van der Waals surface area (Å²) in [6.45, 7) is 2.48. The largest absolute Gasteiger partial charge is 0.490 e. The number of rotatable bonds is 9. The maximum atomic E-state index is 13.1. The zero-order valence-electron chi connectivity index (χ0n) is 19.4. The topological polar surface area (TPSA) is 84.2 Å². The van der Waals surface area contributed by atoms with Gasteiger partial charge >= 0.3 is 0 Å². The van der Waals surface area contributed by atoms with Gasteiger partial charge in [0.2, 0.25) is 0 Å². The van der Waals surface area contributed by atoms with Crippen molar-refractivity contribution < 1.29 is 18.7 Å². The molecule has 4 aromatic rings. The van der Waals surface area contributed by atoms with Crippen molar-refractivity contribution in [2.24, 2.45) is 0 Å². The molecule has 3 aromatic carbocycles. The number of halogens is 1. The number of nitriles is 1. The van der Waals surface area contributed by atoms with Crippen LogP contribution in [0.15, 0.2) is 83.7 Å². The van der Waals surface area contributed by atoms with E-state index in [0.29, 0.717) is 28.8 Å². The molecule has 0 atom stereocenters. The van der Waals surface area contributed by atoms with E-state index in [1.165, 1.54) is 29.5 Å². The van der Waals surface area contributed by atoms with Crippen LogP contribution in [0.1, 0.15) is 18.1 Å². The summed E-state index contributed by atoms with van der Waals surface area (Å²) in [6, 6.07) is 22.7. The van der Waals surface area contributed by atoms with Crippen LogP contribution in [-0.2, 0) is 11.4 Å². The van der Waals surface area contributed by atoms with Crippen LogP contribution in [0.2, 0.25) is 0 Å². The summed E-state index contributed by atoms with van der Waals surface area (Å²) in [5.41, 5.74) is 3.02. The predicted molar refractivity (Wildman–Crippen MR) is 138 cm³/mol. The second-order valence-corrected chi connectivity index (χ2v) is 8.44. The number of benzene rings is 3. The van der Waals surface area contributed by atoms with Gasteiger partial charge in [0.25, 0.3) is 5.91 Å². The Hall–Kier alpha value is -4.48. The van der Waals surface area contributed by atoms with E-state index in [1.807, 2.05) is 48.7 Å². The molecule has 0 saturated heterocycles. The van der Waals surface area contributed by atoms with E-state index in [9.17, 15) is 14.4 Å². The number of carbonyl (C=O) groups excluding carboxylic acids is 1. The molecule has 8 heteroatoms. The molecule has 180 valence electrons. The van der Waals surface area contributed by atoms with Gasteiger partial charge in [-0.2, -0.15) is 5.26 Å². The van der Waals surface area contributed by atoms with Gasteiger partial charge in [-0.3, -0.25) is 10.1 Å². The van der Waals surface area contributed by atoms with Gasteiger partial charge in [0.05, 0.1) is 12.3 Å². The molecule has 0 saturated carbocycles. The quantitative estimate of drug-likeness (QED) is 0.211. The van der Waals surface area contributed by atoms with Crippen molar-refractivity contribution >= 4 is 28.5 Å². The van der Waals surface area contributed by atoms with E-state index in [1.54, 1.807) is 30.3 Å². The summed E-state index contributed by atoms with van der Waals surface area (Å²) in [5, 5.41) is 14.5. The second kappa shape index (κ2) is 11.8. The minimum Gasteiger partial charge on any atom is -0.490 e. The number of amides is 1. The molecule has 6 nitrogen and oxygen atoms in total. The summed E-state index contributed by atoms with van der Waals surface area (Å²) in [7, 11) is 0. The van der Waals surface area contributed by atoms with Crippen LogP contribution < -0.4 is 14.8 Å².